The van der Waals surface area contributed by atoms with Gasteiger partial charge in [0.2, 0.25) is 5.91 Å². The lowest BCUT2D eigenvalue weighted by molar-refractivity contribution is -0.117. The molecule has 1 amide bonds. The second-order valence-electron chi connectivity index (χ2n) is 6.95. The summed E-state index contributed by atoms with van der Waals surface area (Å²) in [6.45, 7) is 0.947. The minimum Gasteiger partial charge on any atom is -0.497 e. The van der Waals surface area contributed by atoms with E-state index in [-0.39, 0.29) is 12.5 Å². The minimum atomic E-state index is -0.0843. The molecule has 0 spiro atoms. The lowest BCUT2D eigenvalue weighted by atomic mass is 10.1. The van der Waals surface area contributed by atoms with Crippen molar-refractivity contribution in [2.75, 3.05) is 26.0 Å². The number of methoxy groups -OCH3 is 1. The van der Waals surface area contributed by atoms with Crippen molar-refractivity contribution in [3.05, 3.63) is 45.8 Å². The molecule has 0 bridgehead atoms. The predicted octanol–water partition coefficient (Wildman–Crippen LogP) is 3.97. The summed E-state index contributed by atoms with van der Waals surface area (Å²) in [6, 6.07) is 10.1. The molecule has 0 radical (unpaired) electrons. The average molecular weight is 384 g/mol. The molecule has 3 rings (SSSR count). The van der Waals surface area contributed by atoms with Crippen LogP contribution in [0.2, 0.25) is 0 Å². The molecule has 1 aliphatic carbocycles. The van der Waals surface area contributed by atoms with Crippen LogP contribution in [-0.2, 0) is 24.2 Å². The van der Waals surface area contributed by atoms with Crippen molar-refractivity contribution in [3.63, 3.8) is 0 Å². The number of ether oxygens (including phenoxy) is 1. The monoisotopic (exact) mass is 383 g/mol. The third-order valence-electron chi connectivity index (χ3n) is 4.81. The van der Waals surface area contributed by atoms with E-state index in [0.29, 0.717) is 17.1 Å². The Morgan fingerprint density at radius 1 is 1.26 bits per heavy atom. The largest absolute Gasteiger partial charge is 0.497 e. The Balaban J connectivity index is 1.61. The number of carbonyl (C=O) groups is 1. The molecule has 1 aromatic carbocycles. The van der Waals surface area contributed by atoms with Gasteiger partial charge in [-0.05, 0) is 56.0 Å². The van der Waals surface area contributed by atoms with Crippen molar-refractivity contribution in [3.8, 4) is 11.8 Å². The fourth-order valence-corrected chi connectivity index (χ4v) is 4.71. The van der Waals surface area contributed by atoms with Gasteiger partial charge >= 0.3 is 0 Å². The van der Waals surface area contributed by atoms with E-state index < -0.39 is 0 Å². The number of amides is 1. The lowest BCUT2D eigenvalue weighted by Gasteiger charge is -2.16. The summed E-state index contributed by atoms with van der Waals surface area (Å²) in [6.07, 6.45) is 5.46. The first-order chi connectivity index (χ1) is 13.1. The highest BCUT2D eigenvalue weighted by molar-refractivity contribution is 7.16. The van der Waals surface area contributed by atoms with Crippen LogP contribution in [0.3, 0.4) is 0 Å². The number of benzene rings is 1. The molecule has 0 saturated carbocycles. The van der Waals surface area contributed by atoms with Crippen LogP contribution in [-0.4, -0.2) is 31.5 Å². The van der Waals surface area contributed by atoms with Crippen molar-refractivity contribution < 1.29 is 9.53 Å². The van der Waals surface area contributed by atoms with E-state index >= 15 is 0 Å². The standard InChI is InChI=1S/C21H25N3O2S/c1-24(13-15-8-10-16(26-2)11-9-15)14-20(25)23-21-18(12-22)17-6-4-3-5-7-19(17)27-21/h8-11H,3-7,13-14H2,1-2H3,(H,23,25). The maximum atomic E-state index is 12.5. The maximum absolute atomic E-state index is 12.5. The Morgan fingerprint density at radius 2 is 2.00 bits per heavy atom. The number of nitriles is 1. The predicted molar refractivity (Wildman–Crippen MR) is 108 cm³/mol. The highest BCUT2D eigenvalue weighted by Crippen LogP contribution is 2.36. The topological polar surface area (TPSA) is 65.4 Å². The van der Waals surface area contributed by atoms with E-state index in [1.807, 2.05) is 36.2 Å². The van der Waals surface area contributed by atoms with Gasteiger partial charge in [0.25, 0.3) is 0 Å². The highest BCUT2D eigenvalue weighted by Gasteiger charge is 2.21. The van der Waals surface area contributed by atoms with Gasteiger partial charge in [-0.2, -0.15) is 5.26 Å². The third-order valence-corrected chi connectivity index (χ3v) is 6.02. The minimum absolute atomic E-state index is 0.0843. The van der Waals surface area contributed by atoms with E-state index in [9.17, 15) is 10.1 Å². The summed E-state index contributed by atoms with van der Waals surface area (Å²) < 4.78 is 5.17. The van der Waals surface area contributed by atoms with E-state index in [1.54, 1.807) is 18.4 Å². The first kappa shape index (κ1) is 19.4. The molecule has 0 atom stereocenters. The quantitative estimate of drug-likeness (QED) is 0.767. The summed E-state index contributed by atoms with van der Waals surface area (Å²) in [5.41, 5.74) is 2.94. The summed E-state index contributed by atoms with van der Waals surface area (Å²) in [4.78, 5) is 15.7. The van der Waals surface area contributed by atoms with Crippen LogP contribution in [0, 0.1) is 11.3 Å². The molecule has 0 fully saturated rings. The number of hydrogen-bond donors (Lipinski definition) is 1. The molecule has 1 heterocycles. The van der Waals surface area contributed by atoms with E-state index in [2.05, 4.69) is 11.4 Å². The molecule has 142 valence electrons. The van der Waals surface area contributed by atoms with Gasteiger partial charge in [-0.15, -0.1) is 11.3 Å². The fourth-order valence-electron chi connectivity index (χ4n) is 3.46. The molecule has 0 aliphatic heterocycles. The van der Waals surface area contributed by atoms with Crippen LogP contribution in [0.4, 0.5) is 5.00 Å². The van der Waals surface area contributed by atoms with Gasteiger partial charge in [0.15, 0.2) is 0 Å². The Morgan fingerprint density at radius 3 is 2.70 bits per heavy atom. The summed E-state index contributed by atoms with van der Waals surface area (Å²) in [5, 5.41) is 13.3. The first-order valence-corrected chi connectivity index (χ1v) is 10.1. The van der Waals surface area contributed by atoms with Crippen molar-refractivity contribution >= 4 is 22.2 Å². The SMILES string of the molecule is COc1ccc(CN(C)CC(=O)Nc2sc3c(c2C#N)CCCCC3)cc1. The Bertz CT molecular complexity index is 836. The molecular weight excluding hydrogens is 358 g/mol. The number of aryl methyl sites for hydroxylation is 1. The van der Waals surface area contributed by atoms with Crippen molar-refractivity contribution in [2.45, 2.75) is 38.6 Å². The number of carbonyl (C=O) groups excluding carboxylic acids is 1. The van der Waals surface area contributed by atoms with E-state index in [0.717, 1.165) is 42.6 Å². The summed E-state index contributed by atoms with van der Waals surface area (Å²) in [7, 11) is 3.56. The second kappa shape index (κ2) is 9.03. The number of nitrogens with one attached hydrogen (secondary N) is 1. The molecule has 0 saturated heterocycles. The van der Waals surface area contributed by atoms with Gasteiger partial charge in [0, 0.05) is 11.4 Å². The highest BCUT2D eigenvalue weighted by atomic mass is 32.1. The van der Waals surface area contributed by atoms with Crippen molar-refractivity contribution in [2.24, 2.45) is 0 Å². The zero-order valence-electron chi connectivity index (χ0n) is 15.9. The molecule has 6 heteroatoms. The number of fused-ring (bicyclic) bond motifs is 1. The van der Waals surface area contributed by atoms with Gasteiger partial charge in [-0.25, -0.2) is 0 Å². The van der Waals surface area contributed by atoms with Crippen LogP contribution >= 0.6 is 11.3 Å². The van der Waals surface area contributed by atoms with Crippen molar-refractivity contribution in [1.82, 2.24) is 4.90 Å². The number of thiophene rings is 1. The van der Waals surface area contributed by atoms with Crippen LogP contribution < -0.4 is 10.1 Å². The molecular formula is C21H25N3O2S. The molecule has 1 aromatic heterocycles. The van der Waals surface area contributed by atoms with Gasteiger partial charge in [-0.3, -0.25) is 9.69 Å². The van der Waals surface area contributed by atoms with Gasteiger partial charge < -0.3 is 10.1 Å². The normalized spacial score (nSPS) is 13.6. The molecule has 2 aromatic rings. The molecule has 5 nitrogen and oxygen atoms in total. The number of hydrogen-bond acceptors (Lipinski definition) is 5. The maximum Gasteiger partial charge on any atom is 0.239 e. The molecule has 27 heavy (non-hydrogen) atoms. The summed E-state index contributed by atoms with van der Waals surface area (Å²) >= 11 is 1.58. The second-order valence-corrected chi connectivity index (χ2v) is 8.05. The van der Waals surface area contributed by atoms with Gasteiger partial charge in [0.1, 0.15) is 16.8 Å². The van der Waals surface area contributed by atoms with E-state index in [4.69, 9.17) is 4.74 Å². The van der Waals surface area contributed by atoms with E-state index in [1.165, 1.54) is 11.3 Å². The number of nitrogens with zero attached hydrogens (tertiary/aromatic N) is 2. The molecule has 1 N–H and O–H groups in total. The fraction of sp³-hybridized carbons (Fsp3) is 0.429. The van der Waals surface area contributed by atoms with Crippen molar-refractivity contribution in [1.29, 1.82) is 5.26 Å². The zero-order valence-corrected chi connectivity index (χ0v) is 16.7. The lowest BCUT2D eigenvalue weighted by Crippen LogP contribution is -2.29. The number of anilines is 1. The third kappa shape index (κ3) is 4.88. The first-order valence-electron chi connectivity index (χ1n) is 9.26. The van der Waals surface area contributed by atoms with Crippen LogP contribution in [0.5, 0.6) is 5.75 Å². The van der Waals surface area contributed by atoms with Gasteiger partial charge in [-0.1, -0.05) is 18.6 Å². The Kier molecular flexibility index (Phi) is 6.49. The Hall–Kier alpha value is -2.36. The smallest absolute Gasteiger partial charge is 0.239 e. The van der Waals surface area contributed by atoms with Crippen LogP contribution in [0.15, 0.2) is 24.3 Å². The summed E-state index contributed by atoms with van der Waals surface area (Å²) in [5.74, 6) is 0.736. The Labute approximate surface area is 164 Å². The van der Waals surface area contributed by atoms with Crippen LogP contribution in [0.1, 0.15) is 40.8 Å². The number of likely N-dealkylation sites (N-methyl/N-ethyl adjacent to an activating group) is 1. The van der Waals surface area contributed by atoms with Gasteiger partial charge in [0.05, 0.1) is 19.2 Å². The van der Waals surface area contributed by atoms with Crippen LogP contribution in [0.25, 0.3) is 0 Å². The molecule has 1 aliphatic rings. The average Bonchev–Trinajstić information content (AvgIpc) is 2.81. The number of rotatable bonds is 6. The molecule has 0 unspecified atom stereocenters. The zero-order chi connectivity index (χ0) is 19.2.